The summed E-state index contributed by atoms with van der Waals surface area (Å²) >= 11 is 1.59. The van der Waals surface area contributed by atoms with Crippen molar-refractivity contribution in [3.8, 4) is 5.75 Å². The molecule has 106 valence electrons. The minimum absolute atomic E-state index is 0.0144. The first-order valence-electron chi connectivity index (χ1n) is 6.65. The van der Waals surface area contributed by atoms with Gasteiger partial charge in [-0.15, -0.1) is 11.3 Å². The van der Waals surface area contributed by atoms with E-state index < -0.39 is 0 Å². The van der Waals surface area contributed by atoms with Gasteiger partial charge in [0.2, 0.25) is 0 Å². The molecule has 0 unspecified atom stereocenters. The second-order valence-electron chi connectivity index (χ2n) is 4.97. The van der Waals surface area contributed by atoms with Crippen molar-refractivity contribution in [3.05, 3.63) is 65.0 Å². The van der Waals surface area contributed by atoms with Crippen LogP contribution in [0.15, 0.2) is 53.9 Å². The van der Waals surface area contributed by atoms with Crippen LogP contribution in [0.5, 0.6) is 5.75 Å². The average Bonchev–Trinajstić information content (AvgIpc) is 2.92. The highest BCUT2D eigenvalue weighted by molar-refractivity contribution is 7.17. The molecule has 1 heterocycles. The fourth-order valence-electron chi connectivity index (χ4n) is 2.30. The van der Waals surface area contributed by atoms with Gasteiger partial charge in [-0.3, -0.25) is 4.79 Å². The summed E-state index contributed by atoms with van der Waals surface area (Å²) in [7, 11) is 1.79. The van der Waals surface area contributed by atoms with Crippen molar-refractivity contribution in [2.75, 3.05) is 7.05 Å². The van der Waals surface area contributed by atoms with E-state index in [9.17, 15) is 9.90 Å². The normalized spacial score (nSPS) is 10.7. The highest BCUT2D eigenvalue weighted by atomic mass is 32.1. The Morgan fingerprint density at radius 3 is 2.62 bits per heavy atom. The minimum atomic E-state index is 0.0144. The summed E-state index contributed by atoms with van der Waals surface area (Å²) in [5, 5.41) is 12.2. The molecule has 4 heteroatoms. The largest absolute Gasteiger partial charge is 0.508 e. The van der Waals surface area contributed by atoms with Gasteiger partial charge < -0.3 is 10.0 Å². The minimum Gasteiger partial charge on any atom is -0.508 e. The van der Waals surface area contributed by atoms with Crippen LogP contribution in [0.1, 0.15) is 15.9 Å². The molecule has 0 aliphatic heterocycles. The maximum atomic E-state index is 12.6. The van der Waals surface area contributed by atoms with Crippen molar-refractivity contribution < 1.29 is 9.90 Å². The zero-order valence-corrected chi connectivity index (χ0v) is 12.4. The van der Waals surface area contributed by atoms with Gasteiger partial charge in [0.05, 0.1) is 5.56 Å². The number of phenols is 1. The van der Waals surface area contributed by atoms with Crippen molar-refractivity contribution >= 4 is 27.3 Å². The molecular formula is C17H15NO2S. The van der Waals surface area contributed by atoms with Gasteiger partial charge in [-0.05, 0) is 23.8 Å². The fraction of sp³-hybridized carbons (Fsp3) is 0.118. The maximum Gasteiger partial charge on any atom is 0.255 e. The molecule has 0 bridgehead atoms. The number of phenolic OH excluding ortho intramolecular Hbond substituents is 1. The third kappa shape index (κ3) is 2.76. The van der Waals surface area contributed by atoms with E-state index in [-0.39, 0.29) is 11.7 Å². The number of rotatable bonds is 3. The molecular weight excluding hydrogens is 282 g/mol. The van der Waals surface area contributed by atoms with E-state index in [4.69, 9.17) is 0 Å². The predicted molar refractivity (Wildman–Crippen MR) is 85.7 cm³/mol. The van der Waals surface area contributed by atoms with Gasteiger partial charge in [-0.1, -0.05) is 30.3 Å². The summed E-state index contributed by atoms with van der Waals surface area (Å²) in [4.78, 5) is 14.3. The first kappa shape index (κ1) is 13.6. The molecule has 0 atom stereocenters. The zero-order valence-electron chi connectivity index (χ0n) is 11.6. The van der Waals surface area contributed by atoms with Crippen molar-refractivity contribution in [3.63, 3.8) is 0 Å². The van der Waals surface area contributed by atoms with Crippen LogP contribution in [0.4, 0.5) is 0 Å². The number of hydrogen-bond acceptors (Lipinski definition) is 3. The second-order valence-corrected chi connectivity index (χ2v) is 5.88. The summed E-state index contributed by atoms with van der Waals surface area (Å²) in [5.41, 5.74) is 1.74. The molecule has 0 saturated carbocycles. The van der Waals surface area contributed by atoms with Crippen LogP contribution in [0.25, 0.3) is 10.1 Å². The lowest BCUT2D eigenvalue weighted by atomic mass is 10.1. The number of amides is 1. The fourth-order valence-corrected chi connectivity index (χ4v) is 3.23. The number of aromatic hydroxyl groups is 1. The molecule has 3 rings (SSSR count). The van der Waals surface area contributed by atoms with E-state index in [1.807, 2.05) is 41.8 Å². The van der Waals surface area contributed by atoms with Gasteiger partial charge in [0, 0.05) is 29.1 Å². The van der Waals surface area contributed by atoms with E-state index in [0.717, 1.165) is 21.2 Å². The van der Waals surface area contributed by atoms with E-state index in [1.165, 1.54) is 0 Å². The lowest BCUT2D eigenvalue weighted by Crippen LogP contribution is -2.25. The Morgan fingerprint density at radius 1 is 1.14 bits per heavy atom. The number of thiophene rings is 1. The molecule has 1 amide bonds. The Labute approximate surface area is 127 Å². The highest BCUT2D eigenvalue weighted by Gasteiger charge is 2.16. The molecule has 1 aromatic heterocycles. The Hall–Kier alpha value is -2.33. The van der Waals surface area contributed by atoms with Gasteiger partial charge in [0.25, 0.3) is 5.91 Å². The number of hydrogen-bond donors (Lipinski definition) is 1. The van der Waals surface area contributed by atoms with Crippen LogP contribution in [0.3, 0.4) is 0 Å². The van der Waals surface area contributed by atoms with E-state index in [0.29, 0.717) is 6.54 Å². The number of carbonyl (C=O) groups excluding carboxylic acids is 1. The zero-order chi connectivity index (χ0) is 14.8. The average molecular weight is 297 g/mol. The molecule has 0 fully saturated rings. The first-order valence-corrected chi connectivity index (χ1v) is 7.53. The standard InChI is InChI=1S/C17H15NO2S/c1-18(10-12-6-8-13(19)9-7-12)17(20)15-11-21-16-5-3-2-4-14(15)16/h2-9,11,19H,10H2,1H3. The summed E-state index contributed by atoms with van der Waals surface area (Å²) in [6.45, 7) is 0.517. The smallest absolute Gasteiger partial charge is 0.255 e. The van der Waals surface area contributed by atoms with E-state index >= 15 is 0 Å². The Morgan fingerprint density at radius 2 is 1.86 bits per heavy atom. The van der Waals surface area contributed by atoms with Gasteiger partial charge >= 0.3 is 0 Å². The number of nitrogens with zero attached hydrogens (tertiary/aromatic N) is 1. The molecule has 1 N–H and O–H groups in total. The van der Waals surface area contributed by atoms with Crippen molar-refractivity contribution in [2.24, 2.45) is 0 Å². The summed E-state index contributed by atoms with van der Waals surface area (Å²) in [6, 6.07) is 14.8. The van der Waals surface area contributed by atoms with Gasteiger partial charge in [0.1, 0.15) is 5.75 Å². The van der Waals surface area contributed by atoms with Crippen molar-refractivity contribution in [1.29, 1.82) is 0 Å². The van der Waals surface area contributed by atoms with Gasteiger partial charge in [-0.2, -0.15) is 0 Å². The molecule has 0 aliphatic rings. The first-order chi connectivity index (χ1) is 10.1. The van der Waals surface area contributed by atoms with Gasteiger partial charge in [0.15, 0.2) is 0 Å². The van der Waals surface area contributed by atoms with Crippen LogP contribution < -0.4 is 0 Å². The molecule has 0 spiro atoms. The Kier molecular flexibility index (Phi) is 3.62. The number of carbonyl (C=O) groups is 1. The SMILES string of the molecule is CN(Cc1ccc(O)cc1)C(=O)c1csc2ccccc12. The van der Waals surface area contributed by atoms with Crippen LogP contribution in [-0.2, 0) is 6.54 Å². The second kappa shape index (κ2) is 5.58. The number of fused-ring (bicyclic) bond motifs is 1. The molecule has 21 heavy (non-hydrogen) atoms. The van der Waals surface area contributed by atoms with E-state index in [1.54, 1.807) is 35.4 Å². The maximum absolute atomic E-state index is 12.6. The van der Waals surface area contributed by atoms with Crippen LogP contribution in [0, 0.1) is 0 Å². The Balaban J connectivity index is 1.82. The lowest BCUT2D eigenvalue weighted by molar-refractivity contribution is 0.0787. The van der Waals surface area contributed by atoms with Crippen LogP contribution in [-0.4, -0.2) is 23.0 Å². The molecule has 0 aliphatic carbocycles. The molecule has 3 aromatic rings. The molecule has 0 radical (unpaired) electrons. The van der Waals surface area contributed by atoms with Crippen LogP contribution in [0.2, 0.25) is 0 Å². The van der Waals surface area contributed by atoms with Crippen LogP contribution >= 0.6 is 11.3 Å². The summed E-state index contributed by atoms with van der Waals surface area (Å²) in [5.74, 6) is 0.247. The Bertz CT molecular complexity index is 777. The third-order valence-corrected chi connectivity index (χ3v) is 4.38. The quantitative estimate of drug-likeness (QED) is 0.797. The highest BCUT2D eigenvalue weighted by Crippen LogP contribution is 2.26. The summed E-state index contributed by atoms with van der Waals surface area (Å²) in [6.07, 6.45) is 0. The topological polar surface area (TPSA) is 40.5 Å². The third-order valence-electron chi connectivity index (χ3n) is 3.41. The number of benzene rings is 2. The molecule has 3 nitrogen and oxygen atoms in total. The predicted octanol–water partition coefficient (Wildman–Crippen LogP) is 3.88. The van der Waals surface area contributed by atoms with Crippen molar-refractivity contribution in [2.45, 2.75) is 6.54 Å². The molecule has 0 saturated heterocycles. The van der Waals surface area contributed by atoms with Crippen molar-refractivity contribution in [1.82, 2.24) is 4.90 Å². The lowest BCUT2D eigenvalue weighted by Gasteiger charge is -2.17. The van der Waals surface area contributed by atoms with E-state index in [2.05, 4.69) is 0 Å². The summed E-state index contributed by atoms with van der Waals surface area (Å²) < 4.78 is 1.12. The monoisotopic (exact) mass is 297 g/mol. The molecule has 2 aromatic carbocycles. The van der Waals surface area contributed by atoms with Gasteiger partial charge in [-0.25, -0.2) is 0 Å².